The van der Waals surface area contributed by atoms with Gasteiger partial charge in [-0.2, -0.15) is 0 Å². The zero-order valence-corrected chi connectivity index (χ0v) is 7.61. The Hall–Kier alpha value is -1.71. The second-order valence-corrected chi connectivity index (χ2v) is 2.94. The van der Waals surface area contributed by atoms with E-state index in [-0.39, 0.29) is 0 Å². The normalized spacial score (nSPS) is 10.6. The third kappa shape index (κ3) is 1.11. The van der Waals surface area contributed by atoms with Crippen LogP contribution in [0.1, 0.15) is 5.56 Å². The van der Waals surface area contributed by atoms with E-state index in [2.05, 4.69) is 4.98 Å². The number of nitrogens with zero attached hydrogens (tertiary/aromatic N) is 2. The van der Waals surface area contributed by atoms with E-state index in [1.165, 1.54) is 4.73 Å². The molecule has 2 rings (SSSR count). The van der Waals surface area contributed by atoms with Gasteiger partial charge in [0.25, 0.3) is 0 Å². The Morgan fingerprint density at radius 1 is 1.46 bits per heavy atom. The van der Waals surface area contributed by atoms with E-state index >= 15 is 0 Å². The number of aromatic nitrogens is 2. The van der Waals surface area contributed by atoms with Crippen molar-refractivity contribution < 1.29 is 4.84 Å². The van der Waals surface area contributed by atoms with Crippen molar-refractivity contribution in [3.8, 4) is 0 Å². The van der Waals surface area contributed by atoms with Gasteiger partial charge in [-0.15, -0.1) is 4.73 Å². The topological polar surface area (TPSA) is 53.1 Å². The molecule has 1 aromatic carbocycles. The van der Waals surface area contributed by atoms with Crippen LogP contribution >= 0.6 is 0 Å². The molecular weight excluding hydrogens is 166 g/mol. The summed E-state index contributed by atoms with van der Waals surface area (Å²) in [5, 5.41) is 0. The van der Waals surface area contributed by atoms with Gasteiger partial charge in [0.2, 0.25) is 5.95 Å². The Balaban J connectivity index is 2.79. The monoisotopic (exact) mass is 177 g/mol. The molecule has 2 aromatic rings. The van der Waals surface area contributed by atoms with Crippen molar-refractivity contribution in [1.82, 2.24) is 9.71 Å². The van der Waals surface area contributed by atoms with Gasteiger partial charge in [-0.05, 0) is 24.6 Å². The summed E-state index contributed by atoms with van der Waals surface area (Å²) in [5.74, 6) is 0.378. The molecule has 0 aliphatic heterocycles. The lowest BCUT2D eigenvalue weighted by atomic mass is 10.2. The first kappa shape index (κ1) is 7.91. The quantitative estimate of drug-likeness (QED) is 0.706. The molecule has 4 heteroatoms. The van der Waals surface area contributed by atoms with Gasteiger partial charge >= 0.3 is 0 Å². The summed E-state index contributed by atoms with van der Waals surface area (Å²) in [6.45, 7) is 2.02. The Bertz CT molecular complexity index is 447. The number of hydrogen-bond acceptors (Lipinski definition) is 3. The molecular formula is C9H11N3O. The van der Waals surface area contributed by atoms with Crippen LogP contribution in [-0.4, -0.2) is 16.8 Å². The molecule has 0 aliphatic carbocycles. The van der Waals surface area contributed by atoms with Crippen LogP contribution in [0.15, 0.2) is 18.2 Å². The van der Waals surface area contributed by atoms with Gasteiger partial charge in [0.05, 0.1) is 5.52 Å². The van der Waals surface area contributed by atoms with Crippen molar-refractivity contribution >= 4 is 17.0 Å². The Morgan fingerprint density at radius 3 is 2.92 bits per heavy atom. The van der Waals surface area contributed by atoms with E-state index in [9.17, 15) is 0 Å². The maximum atomic E-state index is 5.64. The lowest BCUT2D eigenvalue weighted by molar-refractivity contribution is 0.183. The largest absolute Gasteiger partial charge is 0.414 e. The average molecular weight is 177 g/mol. The van der Waals surface area contributed by atoms with Crippen LogP contribution in [-0.2, 0) is 0 Å². The smallest absolute Gasteiger partial charge is 0.235 e. The van der Waals surface area contributed by atoms with E-state index in [0.29, 0.717) is 5.95 Å². The van der Waals surface area contributed by atoms with Crippen molar-refractivity contribution in [2.75, 3.05) is 12.8 Å². The Labute approximate surface area is 75.9 Å². The highest BCUT2D eigenvalue weighted by Crippen LogP contribution is 2.17. The van der Waals surface area contributed by atoms with Crippen LogP contribution in [0.4, 0.5) is 5.95 Å². The van der Waals surface area contributed by atoms with Crippen LogP contribution in [0.3, 0.4) is 0 Å². The minimum absolute atomic E-state index is 0.378. The average Bonchev–Trinajstić information content (AvgIpc) is 2.39. The number of benzene rings is 1. The molecule has 2 N–H and O–H groups in total. The summed E-state index contributed by atoms with van der Waals surface area (Å²) in [6, 6.07) is 5.91. The lowest BCUT2D eigenvalue weighted by Gasteiger charge is -2.01. The van der Waals surface area contributed by atoms with Crippen molar-refractivity contribution in [1.29, 1.82) is 0 Å². The molecule has 0 amide bonds. The first-order valence-corrected chi connectivity index (χ1v) is 4.01. The number of fused-ring (bicyclic) bond motifs is 1. The van der Waals surface area contributed by atoms with Crippen molar-refractivity contribution in [3.05, 3.63) is 23.8 Å². The fourth-order valence-corrected chi connectivity index (χ4v) is 1.38. The van der Waals surface area contributed by atoms with E-state index < -0.39 is 0 Å². The number of nitrogens with two attached hydrogens (primary N) is 1. The second-order valence-electron chi connectivity index (χ2n) is 2.94. The highest BCUT2D eigenvalue weighted by Gasteiger charge is 2.06. The standard InChI is InChI=1S/C9H11N3O/c1-6-3-4-8-7(5-6)11-9(10)12(8)13-2/h3-5H,1-2H3,(H2,10,11). The van der Waals surface area contributed by atoms with Crippen LogP contribution in [0.2, 0.25) is 0 Å². The lowest BCUT2D eigenvalue weighted by Crippen LogP contribution is -2.08. The summed E-state index contributed by atoms with van der Waals surface area (Å²) >= 11 is 0. The van der Waals surface area contributed by atoms with Crippen LogP contribution in [0, 0.1) is 6.92 Å². The SMILES string of the molecule is COn1c(N)nc2cc(C)ccc21. The molecule has 0 bridgehead atoms. The molecule has 0 saturated heterocycles. The fourth-order valence-electron chi connectivity index (χ4n) is 1.38. The molecule has 1 heterocycles. The molecule has 0 saturated carbocycles. The Kier molecular flexibility index (Phi) is 1.62. The number of nitrogen functional groups attached to an aromatic ring is 1. The molecule has 0 fully saturated rings. The molecule has 1 aromatic heterocycles. The highest BCUT2D eigenvalue weighted by atomic mass is 16.6. The van der Waals surface area contributed by atoms with Gasteiger partial charge in [-0.25, -0.2) is 4.98 Å². The molecule has 68 valence electrons. The fraction of sp³-hybridized carbons (Fsp3) is 0.222. The van der Waals surface area contributed by atoms with Gasteiger partial charge in [0.1, 0.15) is 12.6 Å². The Morgan fingerprint density at radius 2 is 2.23 bits per heavy atom. The first-order chi connectivity index (χ1) is 6.22. The molecule has 0 radical (unpaired) electrons. The number of hydrogen-bond donors (Lipinski definition) is 1. The number of rotatable bonds is 1. The zero-order chi connectivity index (χ0) is 9.42. The summed E-state index contributed by atoms with van der Waals surface area (Å²) in [7, 11) is 1.57. The minimum Gasteiger partial charge on any atom is -0.414 e. The molecule has 0 spiro atoms. The summed E-state index contributed by atoms with van der Waals surface area (Å²) in [6.07, 6.45) is 0. The van der Waals surface area contributed by atoms with Crippen molar-refractivity contribution in [3.63, 3.8) is 0 Å². The summed E-state index contributed by atoms with van der Waals surface area (Å²) in [5.41, 5.74) is 8.56. The van der Waals surface area contributed by atoms with Gasteiger partial charge in [0.15, 0.2) is 0 Å². The minimum atomic E-state index is 0.378. The van der Waals surface area contributed by atoms with Crippen LogP contribution in [0.25, 0.3) is 11.0 Å². The molecule has 0 atom stereocenters. The number of anilines is 1. The van der Waals surface area contributed by atoms with Gasteiger partial charge in [0, 0.05) is 0 Å². The van der Waals surface area contributed by atoms with E-state index in [1.807, 2.05) is 25.1 Å². The maximum Gasteiger partial charge on any atom is 0.235 e. The molecule has 4 nitrogen and oxygen atoms in total. The van der Waals surface area contributed by atoms with E-state index in [0.717, 1.165) is 16.6 Å². The van der Waals surface area contributed by atoms with Gasteiger partial charge in [-0.1, -0.05) is 6.07 Å². The summed E-state index contributed by atoms with van der Waals surface area (Å²) < 4.78 is 1.51. The van der Waals surface area contributed by atoms with E-state index in [1.54, 1.807) is 7.11 Å². The maximum absolute atomic E-state index is 5.64. The van der Waals surface area contributed by atoms with Crippen molar-refractivity contribution in [2.45, 2.75) is 6.92 Å². The third-order valence-electron chi connectivity index (χ3n) is 1.98. The van der Waals surface area contributed by atoms with E-state index in [4.69, 9.17) is 10.6 Å². The number of aryl methyl sites for hydroxylation is 1. The van der Waals surface area contributed by atoms with Gasteiger partial charge < -0.3 is 10.6 Å². The first-order valence-electron chi connectivity index (χ1n) is 4.01. The number of imidazole rings is 1. The predicted molar refractivity (Wildman–Crippen MR) is 51.4 cm³/mol. The molecule has 0 unspecified atom stereocenters. The van der Waals surface area contributed by atoms with Crippen LogP contribution < -0.4 is 10.6 Å². The molecule has 0 aliphatic rings. The predicted octanol–water partition coefficient (Wildman–Crippen LogP) is 0.985. The second kappa shape index (κ2) is 2.65. The zero-order valence-electron chi connectivity index (χ0n) is 7.61. The molecule has 13 heavy (non-hydrogen) atoms. The van der Waals surface area contributed by atoms with Gasteiger partial charge in [-0.3, -0.25) is 0 Å². The van der Waals surface area contributed by atoms with Crippen LogP contribution in [0.5, 0.6) is 0 Å². The summed E-state index contributed by atoms with van der Waals surface area (Å²) in [4.78, 5) is 9.23. The third-order valence-corrected chi connectivity index (χ3v) is 1.98. The highest BCUT2D eigenvalue weighted by molar-refractivity contribution is 5.78. The van der Waals surface area contributed by atoms with Crippen molar-refractivity contribution in [2.24, 2.45) is 0 Å².